The van der Waals surface area contributed by atoms with Crippen molar-refractivity contribution in [1.29, 1.82) is 0 Å². The van der Waals surface area contributed by atoms with Crippen LogP contribution in [0, 0.1) is 12.7 Å². The fourth-order valence-electron chi connectivity index (χ4n) is 1.70. The highest BCUT2D eigenvalue weighted by Gasteiger charge is 2.13. The Hall–Kier alpha value is -1.78. The van der Waals surface area contributed by atoms with Crippen LogP contribution in [-0.2, 0) is 0 Å². The van der Waals surface area contributed by atoms with E-state index in [4.69, 9.17) is 28.9 Å². The molecule has 0 bridgehead atoms. The highest BCUT2D eigenvalue weighted by Crippen LogP contribution is 2.28. The van der Waals surface area contributed by atoms with Crippen LogP contribution in [0.1, 0.15) is 15.9 Å². The molecule has 2 rings (SSSR count). The van der Waals surface area contributed by atoms with Crippen molar-refractivity contribution >= 4 is 40.5 Å². The minimum atomic E-state index is -0.721. The molecule has 0 aliphatic rings. The van der Waals surface area contributed by atoms with Gasteiger partial charge in [-0.1, -0.05) is 35.3 Å². The molecule has 2 aromatic rings. The number of para-hydroxylation sites is 1. The SMILES string of the molecule is Cc1cccc(C(=O)Nc2cc(Cl)c(F)c(Cl)c2)c1N. The zero-order valence-corrected chi connectivity index (χ0v) is 12.0. The van der Waals surface area contributed by atoms with Gasteiger partial charge in [0.15, 0.2) is 5.82 Å². The number of rotatable bonds is 2. The summed E-state index contributed by atoms with van der Waals surface area (Å²) in [4.78, 5) is 12.1. The van der Waals surface area contributed by atoms with Gasteiger partial charge in [0, 0.05) is 11.4 Å². The van der Waals surface area contributed by atoms with E-state index in [9.17, 15) is 9.18 Å². The van der Waals surface area contributed by atoms with Gasteiger partial charge in [0.1, 0.15) is 0 Å². The highest BCUT2D eigenvalue weighted by atomic mass is 35.5. The Morgan fingerprint density at radius 1 is 1.25 bits per heavy atom. The summed E-state index contributed by atoms with van der Waals surface area (Å²) in [5.41, 5.74) is 7.67. The number of anilines is 2. The van der Waals surface area contributed by atoms with Gasteiger partial charge in [-0.3, -0.25) is 4.79 Å². The normalized spacial score (nSPS) is 10.4. The summed E-state index contributed by atoms with van der Waals surface area (Å²) in [5.74, 6) is -1.13. The summed E-state index contributed by atoms with van der Waals surface area (Å²) >= 11 is 11.3. The van der Waals surface area contributed by atoms with Crippen molar-refractivity contribution in [3.05, 3.63) is 57.3 Å². The molecule has 0 aromatic heterocycles. The molecule has 0 saturated carbocycles. The topological polar surface area (TPSA) is 55.1 Å². The first-order valence-electron chi connectivity index (χ1n) is 5.71. The van der Waals surface area contributed by atoms with Crippen molar-refractivity contribution in [2.75, 3.05) is 11.1 Å². The van der Waals surface area contributed by atoms with E-state index in [2.05, 4.69) is 5.32 Å². The quantitative estimate of drug-likeness (QED) is 0.642. The predicted octanol–water partition coefficient (Wildman–Crippen LogP) is 4.28. The van der Waals surface area contributed by atoms with Gasteiger partial charge >= 0.3 is 0 Å². The molecular formula is C14H11Cl2FN2O. The highest BCUT2D eigenvalue weighted by molar-refractivity contribution is 6.35. The lowest BCUT2D eigenvalue weighted by molar-refractivity contribution is 0.102. The third-order valence-electron chi connectivity index (χ3n) is 2.81. The van der Waals surface area contributed by atoms with E-state index < -0.39 is 11.7 Å². The van der Waals surface area contributed by atoms with Gasteiger partial charge in [-0.2, -0.15) is 0 Å². The molecule has 0 heterocycles. The summed E-state index contributed by atoms with van der Waals surface area (Å²) in [6.45, 7) is 1.80. The molecule has 3 nitrogen and oxygen atoms in total. The maximum Gasteiger partial charge on any atom is 0.257 e. The van der Waals surface area contributed by atoms with Crippen LogP contribution in [0.2, 0.25) is 10.0 Å². The van der Waals surface area contributed by atoms with Gasteiger partial charge in [-0.05, 0) is 30.7 Å². The summed E-state index contributed by atoms with van der Waals surface area (Å²) in [7, 11) is 0. The minimum Gasteiger partial charge on any atom is -0.398 e. The van der Waals surface area contributed by atoms with Crippen LogP contribution in [-0.4, -0.2) is 5.91 Å². The van der Waals surface area contributed by atoms with Crippen molar-refractivity contribution in [2.45, 2.75) is 6.92 Å². The lowest BCUT2D eigenvalue weighted by Gasteiger charge is -2.10. The molecule has 6 heteroatoms. The van der Waals surface area contributed by atoms with E-state index in [-0.39, 0.29) is 10.0 Å². The Bertz CT molecular complexity index is 666. The van der Waals surface area contributed by atoms with Crippen LogP contribution in [0.25, 0.3) is 0 Å². The Morgan fingerprint density at radius 2 is 1.85 bits per heavy atom. The molecule has 3 N–H and O–H groups in total. The fourth-order valence-corrected chi connectivity index (χ4v) is 2.19. The van der Waals surface area contributed by atoms with Gasteiger partial charge in [0.05, 0.1) is 15.6 Å². The van der Waals surface area contributed by atoms with E-state index >= 15 is 0 Å². The lowest BCUT2D eigenvalue weighted by Crippen LogP contribution is -2.14. The molecule has 0 aliphatic heterocycles. The van der Waals surface area contributed by atoms with E-state index in [1.807, 2.05) is 0 Å². The third-order valence-corrected chi connectivity index (χ3v) is 3.36. The average molecular weight is 313 g/mol. The molecule has 1 amide bonds. The number of nitrogen functional groups attached to an aromatic ring is 1. The zero-order valence-electron chi connectivity index (χ0n) is 10.5. The van der Waals surface area contributed by atoms with Crippen LogP contribution >= 0.6 is 23.2 Å². The summed E-state index contributed by atoms with van der Waals surface area (Å²) in [5, 5.41) is 2.26. The summed E-state index contributed by atoms with van der Waals surface area (Å²) in [6, 6.07) is 7.70. The van der Waals surface area contributed by atoms with Crippen molar-refractivity contribution in [1.82, 2.24) is 0 Å². The number of carbonyl (C=O) groups excluding carboxylic acids is 1. The maximum atomic E-state index is 13.3. The molecule has 20 heavy (non-hydrogen) atoms. The zero-order chi connectivity index (χ0) is 14.9. The maximum absolute atomic E-state index is 13.3. The van der Waals surface area contributed by atoms with Gasteiger partial charge in [0.2, 0.25) is 0 Å². The van der Waals surface area contributed by atoms with Crippen LogP contribution in [0.5, 0.6) is 0 Å². The van der Waals surface area contributed by atoms with Crippen LogP contribution < -0.4 is 11.1 Å². The Morgan fingerprint density at radius 3 is 2.45 bits per heavy atom. The Balaban J connectivity index is 2.30. The third kappa shape index (κ3) is 2.86. The fraction of sp³-hybridized carbons (Fsp3) is 0.0714. The van der Waals surface area contributed by atoms with Crippen LogP contribution in [0.4, 0.5) is 15.8 Å². The first-order valence-corrected chi connectivity index (χ1v) is 6.46. The molecule has 0 atom stereocenters. The Kier molecular flexibility index (Phi) is 4.16. The lowest BCUT2D eigenvalue weighted by atomic mass is 10.1. The van der Waals surface area contributed by atoms with Gasteiger partial charge < -0.3 is 11.1 Å². The molecule has 0 radical (unpaired) electrons. The van der Waals surface area contributed by atoms with E-state index in [0.29, 0.717) is 16.9 Å². The number of nitrogens with two attached hydrogens (primary N) is 1. The van der Waals surface area contributed by atoms with E-state index in [0.717, 1.165) is 5.56 Å². The number of halogens is 3. The second-order valence-corrected chi connectivity index (χ2v) is 5.06. The number of nitrogens with one attached hydrogen (secondary N) is 1. The monoisotopic (exact) mass is 312 g/mol. The smallest absolute Gasteiger partial charge is 0.257 e. The average Bonchev–Trinajstić information content (AvgIpc) is 2.39. The van der Waals surface area contributed by atoms with Crippen LogP contribution in [0.15, 0.2) is 30.3 Å². The molecular weight excluding hydrogens is 302 g/mol. The predicted molar refractivity (Wildman–Crippen MR) is 80.0 cm³/mol. The van der Waals surface area contributed by atoms with E-state index in [1.54, 1.807) is 25.1 Å². The molecule has 2 aromatic carbocycles. The standard InChI is InChI=1S/C14H11Cl2FN2O/c1-7-3-2-4-9(13(7)18)14(20)19-8-5-10(15)12(17)11(16)6-8/h2-6H,18H2,1H3,(H,19,20). The molecule has 0 spiro atoms. The number of aryl methyl sites for hydroxylation is 1. The number of benzene rings is 2. The minimum absolute atomic E-state index is 0.162. The molecule has 0 unspecified atom stereocenters. The number of carbonyl (C=O) groups is 1. The molecule has 0 saturated heterocycles. The van der Waals surface area contributed by atoms with Gasteiger partial charge in [-0.25, -0.2) is 4.39 Å². The van der Waals surface area contributed by atoms with Crippen molar-refractivity contribution in [2.24, 2.45) is 0 Å². The number of hydrogen-bond acceptors (Lipinski definition) is 2. The first-order chi connectivity index (χ1) is 9.40. The van der Waals surface area contributed by atoms with Gasteiger partial charge in [0.25, 0.3) is 5.91 Å². The van der Waals surface area contributed by atoms with E-state index in [1.165, 1.54) is 12.1 Å². The summed E-state index contributed by atoms with van der Waals surface area (Å²) in [6.07, 6.45) is 0. The first kappa shape index (κ1) is 14.6. The number of amides is 1. The van der Waals surface area contributed by atoms with Crippen molar-refractivity contribution in [3.8, 4) is 0 Å². The summed E-state index contributed by atoms with van der Waals surface area (Å²) < 4.78 is 13.3. The Labute approximate surface area is 125 Å². The van der Waals surface area contributed by atoms with Crippen LogP contribution in [0.3, 0.4) is 0 Å². The molecule has 0 aliphatic carbocycles. The van der Waals surface area contributed by atoms with Crippen molar-refractivity contribution in [3.63, 3.8) is 0 Å². The molecule has 0 fully saturated rings. The molecule has 104 valence electrons. The second-order valence-electron chi connectivity index (χ2n) is 4.24. The van der Waals surface area contributed by atoms with Gasteiger partial charge in [-0.15, -0.1) is 0 Å². The largest absolute Gasteiger partial charge is 0.398 e. The van der Waals surface area contributed by atoms with Crippen molar-refractivity contribution < 1.29 is 9.18 Å². The number of hydrogen-bond donors (Lipinski definition) is 2. The second kappa shape index (κ2) is 5.69.